The average molecular weight is 275 g/mol. The maximum Gasteiger partial charge on any atom is 0.0504 e. The summed E-state index contributed by atoms with van der Waals surface area (Å²) in [5.41, 5.74) is 3.97. The smallest absolute Gasteiger partial charge is 0.0504 e. The summed E-state index contributed by atoms with van der Waals surface area (Å²) in [6, 6.07) is 6.69. The molecule has 1 aliphatic carbocycles. The lowest BCUT2D eigenvalue weighted by atomic mass is 9.70. The quantitative estimate of drug-likeness (QED) is 0.900. The van der Waals surface area contributed by atoms with E-state index in [1.807, 2.05) is 0 Å². The second-order valence-corrected chi connectivity index (χ2v) is 7.06. The number of nitrogens with zero attached hydrogens (tertiary/aromatic N) is 1. The molecule has 0 amide bonds. The summed E-state index contributed by atoms with van der Waals surface area (Å²) in [5, 5.41) is 9.94. The first kappa shape index (κ1) is 15.4. The lowest BCUT2D eigenvalue weighted by Crippen LogP contribution is -2.41. The fraction of sp³-hybridized carbons (Fsp3) is 0.667. The van der Waals surface area contributed by atoms with Crippen LogP contribution in [0.4, 0.5) is 5.69 Å². The molecular weight excluding hydrogens is 246 g/mol. The molecule has 1 aromatic carbocycles. The van der Waals surface area contributed by atoms with E-state index in [9.17, 15) is 5.11 Å². The standard InChI is InChI=1S/C18H29NO/c1-14-6-5-7-18(11-14,13-20)12-19(4)17-9-15(2)8-16(3)10-17/h8-10,14,20H,5-7,11-13H2,1-4H3. The lowest BCUT2D eigenvalue weighted by molar-refractivity contribution is 0.0676. The number of anilines is 1. The molecule has 1 aromatic rings. The van der Waals surface area contributed by atoms with Crippen LogP contribution in [0.25, 0.3) is 0 Å². The Morgan fingerprint density at radius 2 is 1.90 bits per heavy atom. The van der Waals surface area contributed by atoms with Gasteiger partial charge in [-0.1, -0.05) is 25.8 Å². The Labute approximate surface area is 123 Å². The molecule has 0 bridgehead atoms. The molecule has 0 aliphatic heterocycles. The minimum atomic E-state index is 0.0874. The minimum Gasteiger partial charge on any atom is -0.396 e. The Hall–Kier alpha value is -1.02. The van der Waals surface area contributed by atoms with E-state index in [2.05, 4.69) is 50.9 Å². The fourth-order valence-corrected chi connectivity index (χ4v) is 3.87. The van der Waals surface area contributed by atoms with Gasteiger partial charge in [0.2, 0.25) is 0 Å². The molecule has 0 spiro atoms. The van der Waals surface area contributed by atoms with E-state index in [1.54, 1.807) is 0 Å². The highest BCUT2D eigenvalue weighted by Gasteiger charge is 2.35. The summed E-state index contributed by atoms with van der Waals surface area (Å²) in [4.78, 5) is 2.33. The van der Waals surface area contributed by atoms with Crippen molar-refractivity contribution in [2.24, 2.45) is 11.3 Å². The van der Waals surface area contributed by atoms with Crippen molar-refractivity contribution in [3.63, 3.8) is 0 Å². The van der Waals surface area contributed by atoms with Crippen LogP contribution in [-0.4, -0.2) is 25.3 Å². The molecule has 1 fully saturated rings. The van der Waals surface area contributed by atoms with Gasteiger partial charge in [0.25, 0.3) is 0 Å². The van der Waals surface area contributed by atoms with Crippen LogP contribution in [0.2, 0.25) is 0 Å². The zero-order chi connectivity index (χ0) is 14.8. The van der Waals surface area contributed by atoms with Gasteiger partial charge in [-0.05, 0) is 55.9 Å². The summed E-state index contributed by atoms with van der Waals surface area (Å²) in [6.07, 6.45) is 4.87. The predicted molar refractivity (Wildman–Crippen MR) is 86.3 cm³/mol. The van der Waals surface area contributed by atoms with Crippen LogP contribution in [-0.2, 0) is 0 Å². The summed E-state index contributed by atoms with van der Waals surface area (Å²) in [6.45, 7) is 7.88. The lowest BCUT2D eigenvalue weighted by Gasteiger charge is -2.42. The van der Waals surface area contributed by atoms with Gasteiger partial charge in [-0.15, -0.1) is 0 Å². The molecule has 1 N–H and O–H groups in total. The fourth-order valence-electron chi connectivity index (χ4n) is 3.87. The molecular formula is C18H29NO. The summed E-state index contributed by atoms with van der Waals surface area (Å²) >= 11 is 0. The minimum absolute atomic E-state index is 0.0874. The van der Waals surface area contributed by atoms with Crippen LogP contribution in [0.15, 0.2) is 18.2 Å². The Balaban J connectivity index is 2.14. The maximum atomic E-state index is 9.94. The van der Waals surface area contributed by atoms with E-state index in [4.69, 9.17) is 0 Å². The molecule has 1 saturated carbocycles. The van der Waals surface area contributed by atoms with Gasteiger partial charge in [0.15, 0.2) is 0 Å². The topological polar surface area (TPSA) is 23.5 Å². The third-order valence-electron chi connectivity index (χ3n) is 4.74. The van der Waals surface area contributed by atoms with Crippen molar-refractivity contribution in [2.75, 3.05) is 25.1 Å². The van der Waals surface area contributed by atoms with Crippen LogP contribution in [0.5, 0.6) is 0 Å². The first-order chi connectivity index (χ1) is 9.44. The van der Waals surface area contributed by atoms with Gasteiger partial charge in [0.1, 0.15) is 0 Å². The number of aryl methyl sites for hydroxylation is 2. The molecule has 112 valence electrons. The van der Waals surface area contributed by atoms with Crippen LogP contribution in [0, 0.1) is 25.2 Å². The number of aliphatic hydroxyl groups excluding tert-OH is 1. The molecule has 2 unspecified atom stereocenters. The number of hydrogen-bond donors (Lipinski definition) is 1. The monoisotopic (exact) mass is 275 g/mol. The molecule has 0 aromatic heterocycles. The van der Waals surface area contributed by atoms with Gasteiger partial charge >= 0.3 is 0 Å². The number of hydrogen-bond acceptors (Lipinski definition) is 2. The largest absolute Gasteiger partial charge is 0.396 e. The second kappa shape index (κ2) is 6.17. The molecule has 2 nitrogen and oxygen atoms in total. The van der Waals surface area contributed by atoms with Crippen LogP contribution >= 0.6 is 0 Å². The first-order valence-electron chi connectivity index (χ1n) is 7.84. The van der Waals surface area contributed by atoms with Gasteiger partial charge in [-0.3, -0.25) is 0 Å². The van der Waals surface area contributed by atoms with E-state index >= 15 is 0 Å². The van der Waals surface area contributed by atoms with Crippen molar-refractivity contribution in [3.8, 4) is 0 Å². The van der Waals surface area contributed by atoms with Crippen LogP contribution < -0.4 is 4.90 Å². The zero-order valence-electron chi connectivity index (χ0n) is 13.4. The van der Waals surface area contributed by atoms with Crippen molar-refractivity contribution >= 4 is 5.69 Å². The van der Waals surface area contributed by atoms with E-state index in [1.165, 1.54) is 29.7 Å². The zero-order valence-corrected chi connectivity index (χ0v) is 13.4. The summed E-state index contributed by atoms with van der Waals surface area (Å²) in [5.74, 6) is 0.739. The van der Waals surface area contributed by atoms with E-state index in [0.29, 0.717) is 6.61 Å². The third-order valence-corrected chi connectivity index (χ3v) is 4.74. The van der Waals surface area contributed by atoms with Crippen LogP contribution in [0.1, 0.15) is 43.7 Å². The van der Waals surface area contributed by atoms with Gasteiger partial charge in [-0.2, -0.15) is 0 Å². The molecule has 1 aliphatic rings. The van der Waals surface area contributed by atoms with Gasteiger partial charge in [0, 0.05) is 24.7 Å². The van der Waals surface area contributed by atoms with Crippen molar-refractivity contribution in [1.82, 2.24) is 0 Å². The SMILES string of the molecule is Cc1cc(C)cc(N(C)CC2(CO)CCCC(C)C2)c1. The summed E-state index contributed by atoms with van der Waals surface area (Å²) in [7, 11) is 2.16. The third kappa shape index (κ3) is 3.54. The normalized spacial score (nSPS) is 26.6. The molecule has 0 saturated heterocycles. The second-order valence-electron chi connectivity index (χ2n) is 7.06. The molecule has 0 heterocycles. The Morgan fingerprint density at radius 1 is 1.25 bits per heavy atom. The van der Waals surface area contributed by atoms with Gasteiger partial charge < -0.3 is 10.0 Å². The molecule has 0 radical (unpaired) electrons. The highest BCUT2D eigenvalue weighted by molar-refractivity contribution is 5.50. The highest BCUT2D eigenvalue weighted by atomic mass is 16.3. The van der Waals surface area contributed by atoms with Crippen molar-refractivity contribution in [1.29, 1.82) is 0 Å². The van der Waals surface area contributed by atoms with Crippen molar-refractivity contribution in [3.05, 3.63) is 29.3 Å². The Kier molecular flexibility index (Phi) is 4.74. The Morgan fingerprint density at radius 3 is 2.45 bits per heavy atom. The van der Waals surface area contributed by atoms with E-state index in [0.717, 1.165) is 25.3 Å². The predicted octanol–water partition coefficient (Wildman–Crippen LogP) is 3.93. The first-order valence-corrected chi connectivity index (χ1v) is 7.84. The molecule has 2 atom stereocenters. The average Bonchev–Trinajstić information content (AvgIpc) is 2.37. The van der Waals surface area contributed by atoms with E-state index in [-0.39, 0.29) is 5.41 Å². The highest BCUT2D eigenvalue weighted by Crippen LogP contribution is 2.40. The number of rotatable bonds is 4. The maximum absolute atomic E-state index is 9.94. The van der Waals surface area contributed by atoms with Crippen LogP contribution in [0.3, 0.4) is 0 Å². The van der Waals surface area contributed by atoms with Crippen molar-refractivity contribution in [2.45, 2.75) is 46.5 Å². The molecule has 2 heteroatoms. The molecule has 20 heavy (non-hydrogen) atoms. The van der Waals surface area contributed by atoms with Crippen molar-refractivity contribution < 1.29 is 5.11 Å². The molecule has 2 rings (SSSR count). The van der Waals surface area contributed by atoms with Gasteiger partial charge in [0.05, 0.1) is 6.61 Å². The summed E-state index contributed by atoms with van der Waals surface area (Å²) < 4.78 is 0. The van der Waals surface area contributed by atoms with Gasteiger partial charge in [-0.25, -0.2) is 0 Å². The number of aliphatic hydroxyl groups is 1. The van der Waals surface area contributed by atoms with E-state index < -0.39 is 0 Å². The number of benzene rings is 1. The Bertz CT molecular complexity index is 436.